The molecule has 2 atom stereocenters. The van der Waals surface area contributed by atoms with Gasteiger partial charge in [0.1, 0.15) is 11.5 Å². The second kappa shape index (κ2) is 6.61. The maximum Gasteiger partial charge on any atom is 0.124 e. The fraction of sp³-hybridized carbons (Fsp3) is 0.571. The summed E-state index contributed by atoms with van der Waals surface area (Å²) < 4.78 is 5.01. The molecule has 4 nitrogen and oxygen atoms in total. The summed E-state index contributed by atoms with van der Waals surface area (Å²) in [6.45, 7) is 4.20. The zero-order valence-electron chi connectivity index (χ0n) is 11.3. The van der Waals surface area contributed by atoms with Crippen molar-refractivity contribution in [2.24, 2.45) is 11.7 Å². The van der Waals surface area contributed by atoms with E-state index in [0.717, 1.165) is 6.42 Å². The summed E-state index contributed by atoms with van der Waals surface area (Å²) in [6.07, 6.45) is 0.891. The van der Waals surface area contributed by atoms with E-state index in [2.05, 4.69) is 13.8 Å². The molecule has 0 bridgehead atoms. The molecule has 0 aliphatic rings. The quantitative estimate of drug-likeness (QED) is 0.726. The van der Waals surface area contributed by atoms with Crippen molar-refractivity contribution in [3.05, 3.63) is 23.8 Å². The van der Waals surface area contributed by atoms with Crippen LogP contribution < -0.4 is 10.5 Å². The Labute approximate surface area is 108 Å². The summed E-state index contributed by atoms with van der Waals surface area (Å²) in [6, 6.07) is 4.35. The van der Waals surface area contributed by atoms with E-state index in [1.165, 1.54) is 13.2 Å². The molecule has 0 saturated carbocycles. The topological polar surface area (TPSA) is 75.7 Å². The van der Waals surface area contributed by atoms with Crippen LogP contribution in [-0.2, 0) is 0 Å². The minimum Gasteiger partial charge on any atom is -0.507 e. The van der Waals surface area contributed by atoms with Gasteiger partial charge in [0.05, 0.1) is 19.3 Å². The van der Waals surface area contributed by atoms with Crippen LogP contribution in [0.5, 0.6) is 11.5 Å². The van der Waals surface area contributed by atoms with Crippen molar-refractivity contribution in [1.29, 1.82) is 0 Å². The lowest BCUT2D eigenvalue weighted by molar-refractivity contribution is 0.127. The van der Waals surface area contributed by atoms with Gasteiger partial charge < -0.3 is 20.7 Å². The number of benzene rings is 1. The predicted molar refractivity (Wildman–Crippen MR) is 71.7 cm³/mol. The van der Waals surface area contributed by atoms with E-state index >= 15 is 0 Å². The van der Waals surface area contributed by atoms with Gasteiger partial charge in [-0.2, -0.15) is 0 Å². The summed E-state index contributed by atoms with van der Waals surface area (Å²) in [5.74, 6) is 1.15. The zero-order valence-corrected chi connectivity index (χ0v) is 11.3. The van der Waals surface area contributed by atoms with Crippen LogP contribution in [-0.4, -0.2) is 23.4 Å². The Morgan fingerprint density at radius 2 is 1.94 bits per heavy atom. The molecule has 4 N–H and O–H groups in total. The van der Waals surface area contributed by atoms with Crippen LogP contribution in [0.1, 0.15) is 38.3 Å². The molecule has 0 aromatic heterocycles. The van der Waals surface area contributed by atoms with Gasteiger partial charge in [-0.1, -0.05) is 13.8 Å². The highest BCUT2D eigenvalue weighted by Crippen LogP contribution is 2.30. The molecule has 0 amide bonds. The average Bonchev–Trinajstić information content (AvgIpc) is 2.34. The Morgan fingerprint density at radius 1 is 1.28 bits per heavy atom. The van der Waals surface area contributed by atoms with Crippen molar-refractivity contribution in [2.75, 3.05) is 7.11 Å². The van der Waals surface area contributed by atoms with Gasteiger partial charge in [0, 0.05) is 11.6 Å². The SMILES string of the molecule is COc1ccc([C@@H](N)[C@@H](O)CCC(C)C)c(O)c1. The number of methoxy groups -OCH3 is 1. The van der Waals surface area contributed by atoms with Crippen LogP contribution in [0, 0.1) is 5.92 Å². The van der Waals surface area contributed by atoms with Gasteiger partial charge >= 0.3 is 0 Å². The molecular formula is C14H23NO3. The molecule has 1 aromatic carbocycles. The first kappa shape index (κ1) is 14.8. The smallest absolute Gasteiger partial charge is 0.124 e. The minimum absolute atomic E-state index is 0.0606. The molecule has 0 unspecified atom stereocenters. The third kappa shape index (κ3) is 3.89. The molecule has 18 heavy (non-hydrogen) atoms. The fourth-order valence-electron chi connectivity index (χ4n) is 1.82. The molecule has 0 radical (unpaired) electrons. The van der Waals surface area contributed by atoms with Crippen LogP contribution in [0.15, 0.2) is 18.2 Å². The second-order valence-electron chi connectivity index (χ2n) is 4.99. The molecule has 0 heterocycles. The van der Waals surface area contributed by atoms with Crippen molar-refractivity contribution in [2.45, 2.75) is 38.8 Å². The van der Waals surface area contributed by atoms with E-state index in [-0.39, 0.29) is 5.75 Å². The van der Waals surface area contributed by atoms with Crippen LogP contribution in [0.4, 0.5) is 0 Å². The Balaban J connectivity index is 2.73. The lowest BCUT2D eigenvalue weighted by Crippen LogP contribution is -2.26. The van der Waals surface area contributed by atoms with E-state index in [9.17, 15) is 10.2 Å². The molecule has 0 aliphatic heterocycles. The molecule has 0 fully saturated rings. The first-order chi connectivity index (χ1) is 8.45. The number of nitrogens with two attached hydrogens (primary N) is 1. The normalized spacial score (nSPS) is 14.6. The number of aromatic hydroxyl groups is 1. The number of aliphatic hydroxyl groups excluding tert-OH is 1. The minimum atomic E-state index is -0.647. The third-order valence-electron chi connectivity index (χ3n) is 3.05. The number of aliphatic hydroxyl groups is 1. The van der Waals surface area contributed by atoms with Gasteiger partial charge in [-0.05, 0) is 30.9 Å². The first-order valence-corrected chi connectivity index (χ1v) is 6.26. The molecule has 0 spiro atoms. The molecular weight excluding hydrogens is 230 g/mol. The lowest BCUT2D eigenvalue weighted by Gasteiger charge is -2.21. The average molecular weight is 253 g/mol. The zero-order chi connectivity index (χ0) is 13.7. The van der Waals surface area contributed by atoms with Gasteiger partial charge in [0.2, 0.25) is 0 Å². The van der Waals surface area contributed by atoms with Crippen molar-refractivity contribution in [3.63, 3.8) is 0 Å². The van der Waals surface area contributed by atoms with Gasteiger partial charge in [0.15, 0.2) is 0 Å². The number of rotatable bonds is 6. The maximum atomic E-state index is 10.0. The molecule has 102 valence electrons. The summed E-state index contributed by atoms with van der Waals surface area (Å²) in [4.78, 5) is 0. The third-order valence-corrected chi connectivity index (χ3v) is 3.05. The van der Waals surface area contributed by atoms with Gasteiger partial charge in [-0.3, -0.25) is 0 Å². The van der Waals surface area contributed by atoms with Crippen LogP contribution in [0.2, 0.25) is 0 Å². The van der Waals surface area contributed by atoms with Crippen molar-refractivity contribution < 1.29 is 14.9 Å². The Kier molecular flexibility index (Phi) is 5.44. The standard InChI is InChI=1S/C14H23NO3/c1-9(2)4-7-12(16)14(15)11-6-5-10(18-3)8-13(11)17/h5-6,8-9,12,14,16-17H,4,7,15H2,1-3H3/t12-,14+/m0/s1. The highest BCUT2D eigenvalue weighted by atomic mass is 16.5. The number of phenols is 1. The molecule has 1 aromatic rings. The van der Waals surface area contributed by atoms with E-state index in [0.29, 0.717) is 23.7 Å². The number of ether oxygens (including phenoxy) is 1. The van der Waals surface area contributed by atoms with E-state index < -0.39 is 12.1 Å². The van der Waals surface area contributed by atoms with Gasteiger partial charge in [-0.25, -0.2) is 0 Å². The molecule has 0 saturated heterocycles. The lowest BCUT2D eigenvalue weighted by atomic mass is 9.95. The van der Waals surface area contributed by atoms with Crippen molar-refractivity contribution in [1.82, 2.24) is 0 Å². The Morgan fingerprint density at radius 3 is 2.44 bits per heavy atom. The first-order valence-electron chi connectivity index (χ1n) is 6.26. The van der Waals surface area contributed by atoms with Gasteiger partial charge in [-0.15, -0.1) is 0 Å². The molecule has 1 rings (SSSR count). The number of hydrogen-bond acceptors (Lipinski definition) is 4. The van der Waals surface area contributed by atoms with Gasteiger partial charge in [0.25, 0.3) is 0 Å². The van der Waals surface area contributed by atoms with E-state index in [1.54, 1.807) is 12.1 Å². The van der Waals surface area contributed by atoms with E-state index in [4.69, 9.17) is 10.5 Å². The predicted octanol–water partition coefficient (Wildman–Crippen LogP) is 2.20. The summed E-state index contributed by atoms with van der Waals surface area (Å²) >= 11 is 0. The maximum absolute atomic E-state index is 10.0. The number of phenolic OH excluding ortho intramolecular Hbond substituents is 1. The second-order valence-corrected chi connectivity index (χ2v) is 4.99. The van der Waals surface area contributed by atoms with Crippen molar-refractivity contribution >= 4 is 0 Å². The summed E-state index contributed by atoms with van der Waals surface area (Å²) in [5.41, 5.74) is 6.51. The fourth-order valence-corrected chi connectivity index (χ4v) is 1.82. The van der Waals surface area contributed by atoms with Crippen LogP contribution in [0.25, 0.3) is 0 Å². The Bertz CT molecular complexity index is 379. The largest absolute Gasteiger partial charge is 0.507 e. The van der Waals surface area contributed by atoms with Crippen molar-refractivity contribution in [3.8, 4) is 11.5 Å². The molecule has 0 aliphatic carbocycles. The highest BCUT2D eigenvalue weighted by molar-refractivity contribution is 5.41. The summed E-state index contributed by atoms with van der Waals surface area (Å²) in [7, 11) is 1.53. The highest BCUT2D eigenvalue weighted by Gasteiger charge is 2.20. The van der Waals surface area contributed by atoms with Crippen LogP contribution in [0.3, 0.4) is 0 Å². The monoisotopic (exact) mass is 253 g/mol. The number of hydrogen-bond donors (Lipinski definition) is 3. The molecule has 4 heteroatoms. The Hall–Kier alpha value is -1.26. The van der Waals surface area contributed by atoms with Crippen LogP contribution >= 0.6 is 0 Å². The summed E-state index contributed by atoms with van der Waals surface area (Å²) in [5, 5.41) is 19.9. The van der Waals surface area contributed by atoms with E-state index in [1.807, 2.05) is 0 Å².